The first-order valence-electron chi connectivity index (χ1n) is 8.01. The van der Waals surface area contributed by atoms with E-state index < -0.39 is 11.7 Å². The lowest BCUT2D eigenvalue weighted by atomic mass is 10.1. The number of nitrogens with zero attached hydrogens (tertiary/aromatic N) is 2. The Morgan fingerprint density at radius 2 is 1.93 bits per heavy atom. The standard InChI is InChI=1S/C20H15ClFN3O2/c1-25-12-11-23-20(25)19(27)13-5-7-14(8-6-13)24-18(26)10-9-15-16(21)3-2-4-17(15)22/h2-12H,1H3,(H,24,26)/b10-9+. The van der Waals surface area contributed by atoms with Crippen molar-refractivity contribution in [3.63, 3.8) is 0 Å². The van der Waals surface area contributed by atoms with Crippen LogP contribution in [0.15, 0.2) is 60.9 Å². The summed E-state index contributed by atoms with van der Waals surface area (Å²) < 4.78 is 15.3. The van der Waals surface area contributed by atoms with Gasteiger partial charge in [0.15, 0.2) is 5.82 Å². The third-order valence-electron chi connectivity index (χ3n) is 3.84. The summed E-state index contributed by atoms with van der Waals surface area (Å²) in [7, 11) is 1.74. The van der Waals surface area contributed by atoms with Crippen LogP contribution in [0.3, 0.4) is 0 Å². The molecule has 3 rings (SSSR count). The number of aryl methyl sites for hydroxylation is 1. The van der Waals surface area contributed by atoms with Crippen LogP contribution in [0.2, 0.25) is 5.02 Å². The van der Waals surface area contributed by atoms with Gasteiger partial charge in [-0.25, -0.2) is 9.37 Å². The number of amides is 1. The number of imidazole rings is 1. The van der Waals surface area contributed by atoms with Crippen molar-refractivity contribution in [3.8, 4) is 0 Å². The molecular weight excluding hydrogens is 369 g/mol. The van der Waals surface area contributed by atoms with E-state index in [1.807, 2.05) is 0 Å². The Labute approximate surface area is 160 Å². The van der Waals surface area contributed by atoms with Gasteiger partial charge in [0.2, 0.25) is 11.7 Å². The Hall–Kier alpha value is -3.25. The Kier molecular flexibility index (Phi) is 5.47. The molecule has 2 aromatic carbocycles. The van der Waals surface area contributed by atoms with Crippen molar-refractivity contribution >= 4 is 35.1 Å². The Morgan fingerprint density at radius 3 is 2.56 bits per heavy atom. The number of aromatic nitrogens is 2. The molecule has 136 valence electrons. The molecule has 1 heterocycles. The number of nitrogens with one attached hydrogen (secondary N) is 1. The minimum Gasteiger partial charge on any atom is -0.331 e. The fourth-order valence-electron chi connectivity index (χ4n) is 2.43. The second-order valence-electron chi connectivity index (χ2n) is 5.73. The maximum atomic E-state index is 13.7. The van der Waals surface area contributed by atoms with Crippen LogP contribution < -0.4 is 5.32 Å². The fraction of sp³-hybridized carbons (Fsp3) is 0.0500. The highest BCUT2D eigenvalue weighted by atomic mass is 35.5. The van der Waals surface area contributed by atoms with E-state index in [0.717, 1.165) is 0 Å². The van der Waals surface area contributed by atoms with Crippen molar-refractivity contribution in [1.29, 1.82) is 0 Å². The third kappa shape index (κ3) is 4.30. The number of halogens is 2. The van der Waals surface area contributed by atoms with Gasteiger partial charge in [-0.2, -0.15) is 0 Å². The maximum Gasteiger partial charge on any atom is 0.248 e. The molecule has 27 heavy (non-hydrogen) atoms. The molecule has 0 saturated carbocycles. The second kappa shape index (κ2) is 7.97. The van der Waals surface area contributed by atoms with Gasteiger partial charge in [0, 0.05) is 42.3 Å². The molecule has 1 aromatic heterocycles. The molecule has 0 aliphatic rings. The van der Waals surface area contributed by atoms with E-state index in [-0.39, 0.29) is 16.4 Å². The summed E-state index contributed by atoms with van der Waals surface area (Å²) in [5.74, 6) is -0.841. The minimum absolute atomic E-state index is 0.144. The summed E-state index contributed by atoms with van der Waals surface area (Å²) in [6, 6.07) is 10.7. The number of hydrogen-bond donors (Lipinski definition) is 1. The van der Waals surface area contributed by atoms with Crippen LogP contribution in [0, 0.1) is 5.82 Å². The first-order valence-corrected chi connectivity index (χ1v) is 8.38. The van der Waals surface area contributed by atoms with Gasteiger partial charge in [-0.05, 0) is 42.5 Å². The van der Waals surface area contributed by atoms with Gasteiger partial charge in [-0.15, -0.1) is 0 Å². The highest BCUT2D eigenvalue weighted by Gasteiger charge is 2.13. The molecule has 0 bridgehead atoms. The molecule has 1 amide bonds. The number of benzene rings is 2. The van der Waals surface area contributed by atoms with Crippen molar-refractivity contribution in [2.24, 2.45) is 7.05 Å². The lowest BCUT2D eigenvalue weighted by Crippen LogP contribution is -2.10. The van der Waals surface area contributed by atoms with E-state index in [2.05, 4.69) is 10.3 Å². The van der Waals surface area contributed by atoms with Gasteiger partial charge in [0.1, 0.15) is 5.82 Å². The largest absolute Gasteiger partial charge is 0.331 e. The van der Waals surface area contributed by atoms with Gasteiger partial charge in [0.25, 0.3) is 0 Å². The van der Waals surface area contributed by atoms with E-state index in [4.69, 9.17) is 11.6 Å². The molecule has 5 nitrogen and oxygen atoms in total. The van der Waals surface area contributed by atoms with Gasteiger partial charge in [0.05, 0.1) is 5.02 Å². The molecule has 0 unspecified atom stereocenters. The van der Waals surface area contributed by atoms with Crippen LogP contribution in [-0.2, 0) is 11.8 Å². The summed E-state index contributed by atoms with van der Waals surface area (Å²) in [5, 5.41) is 2.86. The molecular formula is C20H15ClFN3O2. The normalized spacial score (nSPS) is 10.9. The lowest BCUT2D eigenvalue weighted by Gasteiger charge is -2.05. The highest BCUT2D eigenvalue weighted by Crippen LogP contribution is 2.20. The van der Waals surface area contributed by atoms with E-state index >= 15 is 0 Å². The van der Waals surface area contributed by atoms with E-state index in [1.165, 1.54) is 24.3 Å². The minimum atomic E-state index is -0.510. The molecule has 0 spiro atoms. The fourth-order valence-corrected chi connectivity index (χ4v) is 2.66. The number of anilines is 1. The van der Waals surface area contributed by atoms with E-state index in [9.17, 15) is 14.0 Å². The summed E-state index contributed by atoms with van der Waals surface area (Å²) in [4.78, 5) is 28.4. The predicted molar refractivity (Wildman–Crippen MR) is 102 cm³/mol. The van der Waals surface area contributed by atoms with Gasteiger partial charge in [-0.1, -0.05) is 17.7 Å². The Morgan fingerprint density at radius 1 is 1.19 bits per heavy atom. The predicted octanol–water partition coefficient (Wildman–Crippen LogP) is 4.10. The second-order valence-corrected chi connectivity index (χ2v) is 6.13. The Bertz CT molecular complexity index is 1010. The molecule has 0 aliphatic heterocycles. The average molecular weight is 384 g/mol. The van der Waals surface area contributed by atoms with Crippen molar-refractivity contribution in [3.05, 3.63) is 88.7 Å². The molecule has 3 aromatic rings. The van der Waals surface area contributed by atoms with E-state index in [1.54, 1.807) is 54.3 Å². The molecule has 0 aliphatic carbocycles. The summed E-state index contributed by atoms with van der Waals surface area (Å²) in [6.45, 7) is 0. The monoisotopic (exact) mass is 383 g/mol. The summed E-state index contributed by atoms with van der Waals surface area (Å²) >= 11 is 5.91. The first-order chi connectivity index (χ1) is 13.0. The van der Waals surface area contributed by atoms with Crippen molar-refractivity contribution in [2.75, 3.05) is 5.32 Å². The number of carbonyl (C=O) groups excluding carboxylic acids is 2. The first kappa shape index (κ1) is 18.5. The summed E-state index contributed by atoms with van der Waals surface area (Å²) in [5.41, 5.74) is 1.10. The highest BCUT2D eigenvalue weighted by molar-refractivity contribution is 6.32. The SMILES string of the molecule is Cn1ccnc1C(=O)c1ccc(NC(=O)/C=C/c2c(F)cccc2Cl)cc1. The van der Waals surface area contributed by atoms with Gasteiger partial charge < -0.3 is 9.88 Å². The van der Waals surface area contributed by atoms with Gasteiger partial charge in [-0.3, -0.25) is 9.59 Å². The van der Waals surface area contributed by atoms with Crippen LogP contribution in [0.1, 0.15) is 21.7 Å². The molecule has 0 saturated heterocycles. The van der Waals surface area contributed by atoms with Crippen LogP contribution in [0.5, 0.6) is 0 Å². The number of carbonyl (C=O) groups is 2. The summed E-state index contributed by atoms with van der Waals surface area (Å²) in [6.07, 6.45) is 5.75. The molecule has 0 atom stereocenters. The topological polar surface area (TPSA) is 64.0 Å². The zero-order chi connectivity index (χ0) is 19.4. The van der Waals surface area contributed by atoms with Crippen LogP contribution in [0.25, 0.3) is 6.08 Å². The number of hydrogen-bond acceptors (Lipinski definition) is 3. The quantitative estimate of drug-likeness (QED) is 0.533. The zero-order valence-corrected chi connectivity index (χ0v) is 15.1. The third-order valence-corrected chi connectivity index (χ3v) is 4.17. The lowest BCUT2D eigenvalue weighted by molar-refractivity contribution is -0.111. The zero-order valence-electron chi connectivity index (χ0n) is 14.3. The van der Waals surface area contributed by atoms with Crippen molar-refractivity contribution in [1.82, 2.24) is 9.55 Å². The molecule has 0 radical (unpaired) electrons. The van der Waals surface area contributed by atoms with Crippen LogP contribution >= 0.6 is 11.6 Å². The Balaban J connectivity index is 1.68. The molecule has 0 fully saturated rings. The van der Waals surface area contributed by atoms with Crippen LogP contribution in [0.4, 0.5) is 10.1 Å². The maximum absolute atomic E-state index is 13.7. The van der Waals surface area contributed by atoms with Crippen LogP contribution in [-0.4, -0.2) is 21.2 Å². The number of ketones is 1. The van der Waals surface area contributed by atoms with Crippen molar-refractivity contribution < 1.29 is 14.0 Å². The molecule has 1 N–H and O–H groups in total. The molecule has 7 heteroatoms. The smallest absolute Gasteiger partial charge is 0.248 e. The van der Waals surface area contributed by atoms with E-state index in [0.29, 0.717) is 17.1 Å². The average Bonchev–Trinajstić information content (AvgIpc) is 3.07. The number of rotatable bonds is 5. The van der Waals surface area contributed by atoms with Crippen molar-refractivity contribution in [2.45, 2.75) is 0 Å². The van der Waals surface area contributed by atoms with Gasteiger partial charge >= 0.3 is 0 Å².